The van der Waals surface area contributed by atoms with E-state index < -0.39 is 29.0 Å². The summed E-state index contributed by atoms with van der Waals surface area (Å²) < 4.78 is 11.7. The molecule has 0 aromatic rings. The van der Waals surface area contributed by atoms with Gasteiger partial charge in [0.05, 0.1) is 18.1 Å². The maximum absolute atomic E-state index is 12.1. The second-order valence-electron chi connectivity index (χ2n) is 14.7. The first-order valence-corrected chi connectivity index (χ1v) is 15.7. The predicted molar refractivity (Wildman–Crippen MR) is 146 cm³/mol. The molecule has 0 aliphatic heterocycles. The van der Waals surface area contributed by atoms with Crippen LogP contribution in [0, 0.1) is 58.2 Å². The third kappa shape index (κ3) is 4.27. The number of hydrogen-bond donors (Lipinski definition) is 3. The van der Waals surface area contributed by atoms with Crippen LogP contribution < -0.4 is 0 Å². The lowest BCUT2D eigenvalue weighted by Crippen LogP contribution is -2.63. The van der Waals surface area contributed by atoms with Crippen molar-refractivity contribution in [2.45, 2.75) is 115 Å². The van der Waals surface area contributed by atoms with Gasteiger partial charge in [0, 0.05) is 32.5 Å². The fraction of sp³-hybridized carbons (Fsp3) is 1.00. The number of hydrogen-bond acceptors (Lipinski definition) is 5. The number of ether oxygens (including phenoxy) is 2. The molecular formula is C31H53ClO5. The van der Waals surface area contributed by atoms with Crippen LogP contribution in [0.5, 0.6) is 0 Å². The Morgan fingerprint density at radius 1 is 1.03 bits per heavy atom. The summed E-state index contributed by atoms with van der Waals surface area (Å²) in [7, 11) is 3.54. The molecule has 0 amide bonds. The van der Waals surface area contributed by atoms with Gasteiger partial charge in [-0.3, -0.25) is 0 Å². The van der Waals surface area contributed by atoms with Gasteiger partial charge in [-0.15, -0.1) is 11.6 Å². The van der Waals surface area contributed by atoms with E-state index in [1.165, 1.54) is 12.8 Å². The van der Waals surface area contributed by atoms with Crippen molar-refractivity contribution in [1.29, 1.82) is 0 Å². The summed E-state index contributed by atoms with van der Waals surface area (Å²) in [6, 6.07) is 0. The molecule has 0 bridgehead atoms. The number of aliphatic hydroxyl groups excluding tert-OH is 2. The highest BCUT2D eigenvalue weighted by Gasteiger charge is 2.67. The number of alkyl halides is 1. The second kappa shape index (κ2) is 9.87. The molecule has 214 valence electrons. The van der Waals surface area contributed by atoms with Gasteiger partial charge in [0.2, 0.25) is 0 Å². The van der Waals surface area contributed by atoms with Crippen molar-refractivity contribution in [1.82, 2.24) is 0 Å². The Balaban J connectivity index is 1.37. The number of aliphatic hydroxyl groups is 3. The summed E-state index contributed by atoms with van der Waals surface area (Å²) in [5.41, 5.74) is -1.63. The molecular weight excluding hydrogens is 488 g/mol. The zero-order chi connectivity index (χ0) is 27.0. The first-order chi connectivity index (χ1) is 17.4. The van der Waals surface area contributed by atoms with Crippen LogP contribution in [0.4, 0.5) is 0 Å². The fourth-order valence-corrected chi connectivity index (χ4v) is 11.1. The molecule has 0 spiro atoms. The second-order valence-corrected chi connectivity index (χ2v) is 14.9. The third-order valence-corrected chi connectivity index (χ3v) is 13.8. The van der Waals surface area contributed by atoms with Crippen molar-refractivity contribution < 1.29 is 24.8 Å². The summed E-state index contributed by atoms with van der Waals surface area (Å²) in [6.07, 6.45) is 8.25. The summed E-state index contributed by atoms with van der Waals surface area (Å²) >= 11 is 6.52. The van der Waals surface area contributed by atoms with Gasteiger partial charge < -0.3 is 24.8 Å². The van der Waals surface area contributed by atoms with Gasteiger partial charge in [-0.25, -0.2) is 0 Å². The van der Waals surface area contributed by atoms with Crippen molar-refractivity contribution >= 4 is 11.6 Å². The minimum absolute atomic E-state index is 0.0187. The first-order valence-electron chi connectivity index (χ1n) is 15.1. The summed E-state index contributed by atoms with van der Waals surface area (Å²) in [5.74, 6) is 2.98. The van der Waals surface area contributed by atoms with E-state index in [1.807, 2.05) is 0 Å². The molecule has 0 aromatic heterocycles. The van der Waals surface area contributed by atoms with E-state index in [4.69, 9.17) is 21.1 Å². The molecule has 0 heterocycles. The fourth-order valence-electron chi connectivity index (χ4n) is 10.7. The van der Waals surface area contributed by atoms with Crippen LogP contribution in [-0.2, 0) is 9.47 Å². The van der Waals surface area contributed by atoms with Crippen molar-refractivity contribution in [3.63, 3.8) is 0 Å². The molecule has 6 heteroatoms. The third-order valence-electron chi connectivity index (χ3n) is 13.4. The quantitative estimate of drug-likeness (QED) is 0.275. The zero-order valence-corrected chi connectivity index (χ0v) is 24.8. The van der Waals surface area contributed by atoms with Crippen LogP contribution in [0.3, 0.4) is 0 Å². The van der Waals surface area contributed by atoms with Crippen LogP contribution in [0.2, 0.25) is 0 Å². The van der Waals surface area contributed by atoms with Crippen LogP contribution in [0.1, 0.15) is 91.9 Å². The molecule has 0 radical (unpaired) electrons. The van der Waals surface area contributed by atoms with Crippen molar-refractivity contribution in [2.24, 2.45) is 58.2 Å². The van der Waals surface area contributed by atoms with Crippen LogP contribution in [0.15, 0.2) is 0 Å². The largest absolute Gasteiger partial charge is 0.393 e. The highest BCUT2D eigenvalue weighted by atomic mass is 35.5. The molecule has 5 nitrogen and oxygen atoms in total. The molecule has 5 aliphatic carbocycles. The smallest absolute Gasteiger partial charge is 0.167 e. The molecule has 5 rings (SSSR count). The van der Waals surface area contributed by atoms with Gasteiger partial charge in [-0.2, -0.15) is 0 Å². The molecule has 3 N–H and O–H groups in total. The Morgan fingerprint density at radius 2 is 1.70 bits per heavy atom. The average Bonchev–Trinajstić information content (AvgIpc) is 3.51. The zero-order valence-electron chi connectivity index (χ0n) is 24.1. The topological polar surface area (TPSA) is 79.2 Å². The normalized spacial score (nSPS) is 49.8. The number of rotatable bonds is 8. The molecule has 0 aromatic carbocycles. The Labute approximate surface area is 230 Å². The predicted octanol–water partition coefficient (Wildman–Crippen LogP) is 5.62. The minimum atomic E-state index is -1.37. The molecule has 5 aliphatic rings. The number of methoxy groups -OCH3 is 2. The lowest BCUT2D eigenvalue weighted by molar-refractivity contribution is -0.267. The van der Waals surface area contributed by atoms with Gasteiger partial charge in [-0.1, -0.05) is 27.7 Å². The lowest BCUT2D eigenvalue weighted by Gasteiger charge is -2.63. The van der Waals surface area contributed by atoms with E-state index in [0.717, 1.165) is 44.9 Å². The van der Waals surface area contributed by atoms with E-state index in [9.17, 15) is 15.3 Å². The van der Waals surface area contributed by atoms with Crippen molar-refractivity contribution in [2.75, 3.05) is 20.1 Å². The van der Waals surface area contributed by atoms with E-state index >= 15 is 0 Å². The molecule has 4 unspecified atom stereocenters. The Kier molecular flexibility index (Phi) is 7.63. The van der Waals surface area contributed by atoms with Gasteiger partial charge in [0.15, 0.2) is 5.79 Å². The minimum Gasteiger partial charge on any atom is -0.393 e. The van der Waals surface area contributed by atoms with Crippen LogP contribution >= 0.6 is 11.6 Å². The van der Waals surface area contributed by atoms with E-state index in [1.54, 1.807) is 14.2 Å². The molecule has 5 saturated carbocycles. The number of halogens is 1. The first kappa shape index (κ1) is 28.6. The Bertz CT molecular complexity index is 834. The Hall–Kier alpha value is 0.0900. The molecule has 0 saturated heterocycles. The van der Waals surface area contributed by atoms with Gasteiger partial charge >= 0.3 is 0 Å². The molecule has 13 atom stereocenters. The van der Waals surface area contributed by atoms with Crippen LogP contribution in [0.25, 0.3) is 0 Å². The molecule has 37 heavy (non-hydrogen) atoms. The summed E-state index contributed by atoms with van der Waals surface area (Å²) in [4.78, 5) is 0. The van der Waals surface area contributed by atoms with E-state index in [2.05, 4.69) is 27.7 Å². The standard InChI is InChI=1S/C31H53ClO5/c1-18-13-22(18)19(2)14-27(34)31(35,17-32)25-10-9-23-21-8-7-20-16-30(36-5,37-6)12-11-28(20,3)24(21)15-26(33)29(23,25)4/h18-27,33-35H,7-17H2,1-6H3/t18-,19-,20?,21?,22-,23?,24?,25+,26-,27-,28+,29+,31+/m1/s1. The highest BCUT2D eigenvalue weighted by molar-refractivity contribution is 6.18. The molecule has 5 fully saturated rings. The van der Waals surface area contributed by atoms with Gasteiger partial charge in [0.1, 0.15) is 5.60 Å². The summed E-state index contributed by atoms with van der Waals surface area (Å²) in [5, 5.41) is 35.4. The number of fused-ring (bicyclic) bond motifs is 5. The Morgan fingerprint density at radius 3 is 2.30 bits per heavy atom. The van der Waals surface area contributed by atoms with Crippen LogP contribution in [-0.4, -0.2) is 59.0 Å². The maximum atomic E-state index is 12.1. The maximum Gasteiger partial charge on any atom is 0.167 e. The SMILES string of the molecule is COC1(OC)CC[C@@]2(C)C(CCC3C2C[C@@H](O)[C@@]2(C)C3CC[C@@H]2[C@@](O)(CCl)[C@H](O)C[C@@H](C)[C@@H]2C[C@H]2C)C1. The van der Waals surface area contributed by atoms with E-state index in [-0.39, 0.29) is 17.2 Å². The van der Waals surface area contributed by atoms with Gasteiger partial charge in [-0.05, 0) is 104 Å². The lowest BCUT2D eigenvalue weighted by atomic mass is 9.43. The monoisotopic (exact) mass is 540 g/mol. The van der Waals surface area contributed by atoms with E-state index in [0.29, 0.717) is 47.8 Å². The van der Waals surface area contributed by atoms with Crippen molar-refractivity contribution in [3.05, 3.63) is 0 Å². The highest BCUT2D eigenvalue weighted by Crippen LogP contribution is 2.69. The van der Waals surface area contributed by atoms with Crippen molar-refractivity contribution in [3.8, 4) is 0 Å². The van der Waals surface area contributed by atoms with Gasteiger partial charge in [0.25, 0.3) is 0 Å². The average molecular weight is 541 g/mol. The summed E-state index contributed by atoms with van der Waals surface area (Å²) in [6.45, 7) is 9.15.